The molecule has 1 fully saturated rings. The van der Waals surface area contributed by atoms with Crippen molar-refractivity contribution >= 4 is 43.4 Å². The number of piperazine rings is 1. The summed E-state index contributed by atoms with van der Waals surface area (Å²) in [6, 6.07) is 12.8. The zero-order chi connectivity index (χ0) is 24.7. The summed E-state index contributed by atoms with van der Waals surface area (Å²) in [5, 5.41) is 0.921. The number of carbonyl (C=O) groups is 1. The van der Waals surface area contributed by atoms with Gasteiger partial charge in [-0.2, -0.15) is 0 Å². The van der Waals surface area contributed by atoms with E-state index in [1.165, 1.54) is 17.2 Å². The van der Waals surface area contributed by atoms with Gasteiger partial charge in [0.1, 0.15) is 11.0 Å². The first-order chi connectivity index (χ1) is 16.7. The zero-order valence-electron chi connectivity index (χ0n) is 19.7. The lowest BCUT2D eigenvalue weighted by atomic mass is 10.2. The molecule has 1 N–H and O–H groups in total. The Morgan fingerprint density at radius 1 is 1.06 bits per heavy atom. The quantitative estimate of drug-likeness (QED) is 0.457. The molecule has 0 spiro atoms. The van der Waals surface area contributed by atoms with E-state index in [1.54, 1.807) is 24.3 Å². The van der Waals surface area contributed by atoms with Crippen LogP contribution in [0.25, 0.3) is 21.9 Å². The number of aryl methyl sites for hydroxylation is 2. The molecule has 5 rings (SSSR count). The first-order valence-corrected chi connectivity index (χ1v) is 13.4. The third-order valence-electron chi connectivity index (χ3n) is 6.56. The number of hydrogen-bond acceptors (Lipinski definition) is 6. The number of H-pyrrole nitrogens is 1. The molecule has 35 heavy (non-hydrogen) atoms. The third kappa shape index (κ3) is 4.53. The number of fused-ring (bicyclic) bond motifs is 3. The largest absolute Gasteiger partial charge is 0.368 e. The van der Waals surface area contributed by atoms with Crippen molar-refractivity contribution in [2.75, 3.05) is 37.3 Å². The minimum atomic E-state index is -3.23. The molecule has 0 saturated carbocycles. The molecule has 1 amide bonds. The van der Waals surface area contributed by atoms with E-state index in [9.17, 15) is 18.0 Å². The van der Waals surface area contributed by atoms with Crippen molar-refractivity contribution in [3.63, 3.8) is 0 Å². The van der Waals surface area contributed by atoms with Crippen LogP contribution in [-0.2, 0) is 21.2 Å². The predicted octanol–water partition coefficient (Wildman–Crippen LogP) is 2.33. The second kappa shape index (κ2) is 8.84. The molecule has 1 aliphatic rings. The van der Waals surface area contributed by atoms with Crippen molar-refractivity contribution in [2.24, 2.45) is 0 Å². The molecular weight excluding hydrogens is 466 g/mol. The van der Waals surface area contributed by atoms with Crippen LogP contribution in [0.4, 0.5) is 5.69 Å². The Morgan fingerprint density at radius 2 is 1.77 bits per heavy atom. The average molecular weight is 494 g/mol. The Morgan fingerprint density at radius 3 is 2.46 bits per heavy atom. The van der Waals surface area contributed by atoms with Crippen LogP contribution >= 0.6 is 0 Å². The van der Waals surface area contributed by atoms with Gasteiger partial charge in [-0.3, -0.25) is 14.2 Å². The molecule has 9 nitrogen and oxygen atoms in total. The highest BCUT2D eigenvalue weighted by atomic mass is 32.2. The lowest BCUT2D eigenvalue weighted by Crippen LogP contribution is -2.49. The summed E-state index contributed by atoms with van der Waals surface area (Å²) in [5.74, 6) is -0.00339. The summed E-state index contributed by atoms with van der Waals surface area (Å²) in [5.41, 5.74) is 3.82. The van der Waals surface area contributed by atoms with E-state index >= 15 is 0 Å². The van der Waals surface area contributed by atoms with Crippen LogP contribution in [0.5, 0.6) is 0 Å². The van der Waals surface area contributed by atoms with Gasteiger partial charge < -0.3 is 14.8 Å². The van der Waals surface area contributed by atoms with E-state index in [0.717, 1.165) is 22.2 Å². The van der Waals surface area contributed by atoms with Crippen LogP contribution in [0.2, 0.25) is 0 Å². The topological polar surface area (TPSA) is 108 Å². The highest BCUT2D eigenvalue weighted by Crippen LogP contribution is 2.23. The van der Waals surface area contributed by atoms with Gasteiger partial charge in [-0.05, 0) is 43.3 Å². The maximum Gasteiger partial charge on any atom is 0.277 e. The van der Waals surface area contributed by atoms with Gasteiger partial charge in [0.25, 0.3) is 5.56 Å². The van der Waals surface area contributed by atoms with Gasteiger partial charge in [0.2, 0.25) is 5.91 Å². The molecule has 2 aromatic carbocycles. The van der Waals surface area contributed by atoms with Gasteiger partial charge in [0, 0.05) is 62.0 Å². The van der Waals surface area contributed by atoms with Gasteiger partial charge in [-0.15, -0.1) is 0 Å². The van der Waals surface area contributed by atoms with Crippen molar-refractivity contribution in [2.45, 2.75) is 24.8 Å². The van der Waals surface area contributed by atoms with E-state index in [4.69, 9.17) is 0 Å². The van der Waals surface area contributed by atoms with Crippen LogP contribution in [0.1, 0.15) is 12.0 Å². The first kappa shape index (κ1) is 23.1. The Labute approximate surface area is 202 Å². The van der Waals surface area contributed by atoms with E-state index in [0.29, 0.717) is 42.1 Å². The number of benzene rings is 2. The Kier molecular flexibility index (Phi) is 5.84. The molecule has 0 aliphatic carbocycles. The van der Waals surface area contributed by atoms with E-state index < -0.39 is 9.84 Å². The normalized spacial score (nSPS) is 14.7. The number of aromatic nitrogens is 3. The summed E-state index contributed by atoms with van der Waals surface area (Å²) < 4.78 is 24.8. The van der Waals surface area contributed by atoms with Crippen LogP contribution in [0.15, 0.2) is 58.5 Å². The monoisotopic (exact) mass is 493 g/mol. The zero-order valence-corrected chi connectivity index (χ0v) is 20.5. The number of hydrogen-bond donors (Lipinski definition) is 1. The summed E-state index contributed by atoms with van der Waals surface area (Å²) in [7, 11) is -3.23. The molecule has 182 valence electrons. The van der Waals surface area contributed by atoms with Crippen molar-refractivity contribution in [1.82, 2.24) is 19.4 Å². The number of amides is 1. The molecule has 1 saturated heterocycles. The maximum atomic E-state index is 13.0. The number of anilines is 1. The summed E-state index contributed by atoms with van der Waals surface area (Å²) in [6.07, 6.45) is 2.93. The molecule has 0 radical (unpaired) electrons. The Bertz CT molecular complexity index is 1580. The number of nitrogens with one attached hydrogen (secondary N) is 1. The number of rotatable bonds is 5. The fraction of sp³-hybridized carbons (Fsp3) is 0.320. The average Bonchev–Trinajstić information content (AvgIpc) is 3.22. The van der Waals surface area contributed by atoms with Crippen LogP contribution < -0.4 is 10.5 Å². The first-order valence-electron chi connectivity index (χ1n) is 11.5. The fourth-order valence-corrected chi connectivity index (χ4v) is 5.19. The Hall–Kier alpha value is -3.66. The number of sulfone groups is 1. The van der Waals surface area contributed by atoms with Gasteiger partial charge in [-0.1, -0.05) is 11.6 Å². The molecule has 2 aromatic heterocycles. The van der Waals surface area contributed by atoms with Crippen LogP contribution in [0.3, 0.4) is 0 Å². The fourth-order valence-electron chi connectivity index (χ4n) is 4.56. The lowest BCUT2D eigenvalue weighted by molar-refractivity contribution is -0.131. The number of aromatic amines is 1. The second-order valence-corrected chi connectivity index (χ2v) is 11.0. The second-order valence-electron chi connectivity index (χ2n) is 9.02. The summed E-state index contributed by atoms with van der Waals surface area (Å²) in [6.45, 7) is 4.72. The molecule has 0 unspecified atom stereocenters. The molecule has 0 atom stereocenters. The highest BCUT2D eigenvalue weighted by Gasteiger charge is 2.22. The SMILES string of the molecule is Cc1ccc2[nH]c3c(=O)n(CCC(=O)N4CCN(c5ccc(S(C)(=O)=O)cc5)CC4)cnc3c2c1. The molecule has 3 heterocycles. The minimum Gasteiger partial charge on any atom is -0.368 e. The number of nitrogens with zero attached hydrogens (tertiary/aromatic N) is 4. The van der Waals surface area contributed by atoms with Crippen molar-refractivity contribution in [3.05, 3.63) is 64.7 Å². The smallest absolute Gasteiger partial charge is 0.277 e. The highest BCUT2D eigenvalue weighted by molar-refractivity contribution is 7.90. The molecule has 4 aromatic rings. The van der Waals surface area contributed by atoms with E-state index in [2.05, 4.69) is 14.9 Å². The van der Waals surface area contributed by atoms with E-state index in [1.807, 2.05) is 30.0 Å². The number of carbonyl (C=O) groups excluding carboxylic acids is 1. The van der Waals surface area contributed by atoms with Gasteiger partial charge >= 0.3 is 0 Å². The standard InChI is InChI=1S/C25H27N5O4S/c1-17-3-8-21-20(15-17)23-24(27-21)25(32)30(16-26-23)10-9-22(31)29-13-11-28(12-14-29)18-4-6-19(7-5-18)35(2,33)34/h3-8,15-16,27H,9-14H2,1-2H3. The predicted molar refractivity (Wildman–Crippen MR) is 136 cm³/mol. The van der Waals surface area contributed by atoms with Crippen LogP contribution in [-0.4, -0.2) is 66.2 Å². The van der Waals surface area contributed by atoms with Crippen molar-refractivity contribution in [1.29, 1.82) is 0 Å². The minimum absolute atomic E-state index is 0.00339. The molecule has 1 aliphatic heterocycles. The maximum absolute atomic E-state index is 13.0. The van der Waals surface area contributed by atoms with Gasteiger partial charge in [0.05, 0.1) is 11.2 Å². The molecule has 0 bridgehead atoms. The summed E-state index contributed by atoms with van der Waals surface area (Å²) in [4.78, 5) is 37.7. The molecule has 10 heteroatoms. The third-order valence-corrected chi connectivity index (χ3v) is 7.69. The van der Waals surface area contributed by atoms with Crippen molar-refractivity contribution in [3.8, 4) is 0 Å². The molecular formula is C25H27N5O4S. The van der Waals surface area contributed by atoms with E-state index in [-0.39, 0.29) is 24.4 Å². The van der Waals surface area contributed by atoms with Gasteiger partial charge in [0.15, 0.2) is 9.84 Å². The summed E-state index contributed by atoms with van der Waals surface area (Å²) >= 11 is 0. The van der Waals surface area contributed by atoms with Crippen LogP contribution in [0, 0.1) is 6.92 Å². The Balaban J connectivity index is 1.21. The van der Waals surface area contributed by atoms with Crippen molar-refractivity contribution < 1.29 is 13.2 Å². The lowest BCUT2D eigenvalue weighted by Gasteiger charge is -2.36. The van der Waals surface area contributed by atoms with Gasteiger partial charge in [-0.25, -0.2) is 13.4 Å².